The van der Waals surface area contributed by atoms with Crippen molar-refractivity contribution in [1.82, 2.24) is 10.0 Å². The maximum Gasteiger partial charge on any atom is 0.269 e. The number of nitro benzene ring substituents is 1. The summed E-state index contributed by atoms with van der Waals surface area (Å²) in [5.41, 5.74) is -0.646. The fourth-order valence-corrected chi connectivity index (χ4v) is 4.78. The molecule has 1 aliphatic heterocycles. The van der Waals surface area contributed by atoms with Crippen molar-refractivity contribution in [2.75, 3.05) is 19.7 Å². The Labute approximate surface area is 140 Å². The topological polar surface area (TPSA) is 111 Å². The zero-order chi connectivity index (χ0) is 17.2. The van der Waals surface area contributed by atoms with E-state index in [4.69, 9.17) is 4.74 Å². The van der Waals surface area contributed by atoms with Crippen LogP contribution in [-0.2, 0) is 14.8 Å². The third-order valence-electron chi connectivity index (χ3n) is 4.73. The van der Waals surface area contributed by atoms with Crippen molar-refractivity contribution in [3.8, 4) is 0 Å². The Kier molecular flexibility index (Phi) is 4.86. The van der Waals surface area contributed by atoms with Gasteiger partial charge in [0.05, 0.1) is 28.1 Å². The minimum atomic E-state index is -3.76. The van der Waals surface area contributed by atoms with E-state index in [-0.39, 0.29) is 16.6 Å². The summed E-state index contributed by atoms with van der Waals surface area (Å²) in [5, 5.41) is 14.0. The molecule has 1 spiro atoms. The van der Waals surface area contributed by atoms with Gasteiger partial charge in [0, 0.05) is 25.2 Å². The van der Waals surface area contributed by atoms with E-state index >= 15 is 0 Å². The number of hydrogen-bond donors (Lipinski definition) is 2. The zero-order valence-electron chi connectivity index (χ0n) is 13.2. The van der Waals surface area contributed by atoms with Crippen molar-refractivity contribution in [2.45, 2.75) is 42.2 Å². The van der Waals surface area contributed by atoms with Crippen LogP contribution in [0.1, 0.15) is 25.7 Å². The number of nitrogens with one attached hydrogen (secondary N) is 2. The summed E-state index contributed by atoms with van der Waals surface area (Å²) in [6, 6.07) is 4.61. The summed E-state index contributed by atoms with van der Waals surface area (Å²) >= 11 is 0. The molecule has 1 aromatic carbocycles. The van der Waals surface area contributed by atoms with E-state index in [0.717, 1.165) is 25.8 Å². The molecule has 0 aromatic heterocycles. The molecule has 9 heteroatoms. The van der Waals surface area contributed by atoms with Crippen LogP contribution >= 0.6 is 0 Å². The predicted octanol–water partition coefficient (Wildman–Crippen LogP) is 1.17. The molecule has 2 atom stereocenters. The summed E-state index contributed by atoms with van der Waals surface area (Å²) in [7, 11) is -3.76. The highest BCUT2D eigenvalue weighted by atomic mass is 32.2. The lowest BCUT2D eigenvalue weighted by Gasteiger charge is -2.46. The molecule has 2 aliphatic rings. The quantitative estimate of drug-likeness (QED) is 0.620. The highest BCUT2D eigenvalue weighted by Gasteiger charge is 2.44. The van der Waals surface area contributed by atoms with Crippen LogP contribution in [0.5, 0.6) is 0 Å². The number of ether oxygens (including phenoxy) is 1. The lowest BCUT2D eigenvalue weighted by Crippen LogP contribution is -2.63. The molecule has 1 saturated carbocycles. The Hall–Kier alpha value is -1.55. The van der Waals surface area contributed by atoms with Crippen LogP contribution in [0.25, 0.3) is 0 Å². The third-order valence-corrected chi connectivity index (χ3v) is 6.21. The molecule has 0 radical (unpaired) electrons. The zero-order valence-corrected chi connectivity index (χ0v) is 14.0. The number of benzene rings is 1. The van der Waals surface area contributed by atoms with Crippen molar-refractivity contribution < 1.29 is 18.1 Å². The maximum atomic E-state index is 12.7. The summed E-state index contributed by atoms with van der Waals surface area (Å²) in [4.78, 5) is 10.2. The fourth-order valence-electron chi connectivity index (χ4n) is 3.44. The van der Waals surface area contributed by atoms with Gasteiger partial charge in [-0.3, -0.25) is 10.1 Å². The summed E-state index contributed by atoms with van der Waals surface area (Å²) in [6.45, 7) is 1.96. The van der Waals surface area contributed by atoms with E-state index in [1.807, 2.05) is 0 Å². The number of morpholine rings is 1. The number of nitrogens with zero attached hydrogens (tertiary/aromatic N) is 1. The summed E-state index contributed by atoms with van der Waals surface area (Å²) < 4.78 is 34.0. The minimum Gasteiger partial charge on any atom is -0.371 e. The second-order valence-electron chi connectivity index (χ2n) is 6.26. The lowest BCUT2D eigenvalue weighted by molar-refractivity contribution is -0.384. The van der Waals surface area contributed by atoms with Gasteiger partial charge in [0.25, 0.3) is 5.69 Å². The number of sulfonamides is 1. The average molecular weight is 355 g/mol. The van der Waals surface area contributed by atoms with E-state index in [9.17, 15) is 18.5 Å². The largest absolute Gasteiger partial charge is 0.371 e. The van der Waals surface area contributed by atoms with Crippen LogP contribution in [0, 0.1) is 10.1 Å². The van der Waals surface area contributed by atoms with Gasteiger partial charge in [-0.15, -0.1) is 0 Å². The van der Waals surface area contributed by atoms with Crippen molar-refractivity contribution in [3.05, 3.63) is 34.4 Å². The Morgan fingerprint density at radius 2 is 2.04 bits per heavy atom. The van der Waals surface area contributed by atoms with E-state index in [1.54, 1.807) is 0 Å². The van der Waals surface area contributed by atoms with E-state index < -0.39 is 20.5 Å². The lowest BCUT2D eigenvalue weighted by atomic mass is 9.80. The SMILES string of the molecule is O=[N+]([O-])c1ccc(S(=O)(=O)N[C@@H]2CCCC[C@@]23CNCCO3)cc1. The highest BCUT2D eigenvalue weighted by Crippen LogP contribution is 2.33. The normalized spacial score (nSPS) is 27.9. The molecule has 1 aliphatic carbocycles. The van der Waals surface area contributed by atoms with Crippen LogP contribution < -0.4 is 10.0 Å². The predicted molar refractivity (Wildman–Crippen MR) is 87.2 cm³/mol. The molecule has 132 valence electrons. The second-order valence-corrected chi connectivity index (χ2v) is 7.97. The van der Waals surface area contributed by atoms with Gasteiger partial charge in [-0.2, -0.15) is 0 Å². The second kappa shape index (κ2) is 6.75. The Bertz CT molecular complexity index is 690. The molecule has 1 aromatic rings. The van der Waals surface area contributed by atoms with Gasteiger partial charge in [-0.25, -0.2) is 13.1 Å². The van der Waals surface area contributed by atoms with Crippen LogP contribution in [0.15, 0.2) is 29.2 Å². The molecule has 2 N–H and O–H groups in total. The van der Waals surface area contributed by atoms with Gasteiger partial charge >= 0.3 is 0 Å². The molecule has 24 heavy (non-hydrogen) atoms. The maximum absolute atomic E-state index is 12.7. The summed E-state index contributed by atoms with van der Waals surface area (Å²) in [5.74, 6) is 0. The van der Waals surface area contributed by atoms with E-state index in [1.165, 1.54) is 24.3 Å². The average Bonchev–Trinajstić information content (AvgIpc) is 2.58. The summed E-state index contributed by atoms with van der Waals surface area (Å²) in [6.07, 6.45) is 3.48. The molecule has 0 unspecified atom stereocenters. The van der Waals surface area contributed by atoms with Gasteiger partial charge in [0.15, 0.2) is 0 Å². The molecule has 1 heterocycles. The number of hydrogen-bond acceptors (Lipinski definition) is 6. The first-order valence-electron chi connectivity index (χ1n) is 8.04. The number of rotatable bonds is 4. The van der Waals surface area contributed by atoms with Crippen molar-refractivity contribution >= 4 is 15.7 Å². The van der Waals surface area contributed by atoms with Gasteiger partial charge in [0.2, 0.25) is 10.0 Å². The van der Waals surface area contributed by atoms with Gasteiger partial charge < -0.3 is 10.1 Å². The van der Waals surface area contributed by atoms with Crippen molar-refractivity contribution in [3.63, 3.8) is 0 Å². The first-order chi connectivity index (χ1) is 11.4. The van der Waals surface area contributed by atoms with E-state index in [0.29, 0.717) is 19.6 Å². The van der Waals surface area contributed by atoms with Crippen molar-refractivity contribution in [1.29, 1.82) is 0 Å². The number of non-ortho nitro benzene ring substituents is 1. The molecule has 0 amide bonds. The molecule has 0 bridgehead atoms. The molecular weight excluding hydrogens is 334 g/mol. The van der Waals surface area contributed by atoms with Gasteiger partial charge in [0.1, 0.15) is 0 Å². The standard InChI is InChI=1S/C15H21N3O5S/c19-18(20)12-4-6-13(7-5-12)24(21,22)17-14-3-1-2-8-15(14)11-16-9-10-23-15/h4-7,14,16-17H,1-3,8-11H2/t14-,15-/m1/s1. The Morgan fingerprint density at radius 1 is 1.29 bits per heavy atom. The van der Waals surface area contributed by atoms with Crippen LogP contribution in [0.4, 0.5) is 5.69 Å². The first kappa shape index (κ1) is 17.3. The highest BCUT2D eigenvalue weighted by molar-refractivity contribution is 7.89. The molecule has 2 fully saturated rings. The van der Waals surface area contributed by atoms with Crippen LogP contribution in [0.2, 0.25) is 0 Å². The first-order valence-corrected chi connectivity index (χ1v) is 9.53. The monoisotopic (exact) mass is 355 g/mol. The van der Waals surface area contributed by atoms with Crippen molar-refractivity contribution in [2.24, 2.45) is 0 Å². The fraction of sp³-hybridized carbons (Fsp3) is 0.600. The van der Waals surface area contributed by atoms with Gasteiger partial charge in [-0.1, -0.05) is 12.8 Å². The molecule has 3 rings (SSSR count). The smallest absolute Gasteiger partial charge is 0.269 e. The molecular formula is C15H21N3O5S. The third kappa shape index (κ3) is 3.44. The number of nitro groups is 1. The van der Waals surface area contributed by atoms with E-state index in [2.05, 4.69) is 10.0 Å². The minimum absolute atomic E-state index is 0.0255. The van der Waals surface area contributed by atoms with Crippen LogP contribution in [-0.4, -0.2) is 44.7 Å². The van der Waals surface area contributed by atoms with Crippen LogP contribution in [0.3, 0.4) is 0 Å². The molecule has 8 nitrogen and oxygen atoms in total. The Morgan fingerprint density at radius 3 is 2.67 bits per heavy atom. The van der Waals surface area contributed by atoms with Gasteiger partial charge in [-0.05, 0) is 25.0 Å². The molecule has 1 saturated heterocycles. The Balaban J connectivity index is 1.80.